The molecule has 1 heterocycles. The van der Waals surface area contributed by atoms with Gasteiger partial charge in [0, 0.05) is 6.26 Å². The van der Waals surface area contributed by atoms with E-state index in [1.807, 2.05) is 5.32 Å². The number of amides is 3. The minimum absolute atomic E-state index is 0.0846. The number of benzene rings is 2. The summed E-state index contributed by atoms with van der Waals surface area (Å²) in [5.74, 6) is -1.85. The third kappa shape index (κ3) is 4.13. The third-order valence-electron chi connectivity index (χ3n) is 3.75. The fraction of sp³-hybridized carbons (Fsp3) is 0.118. The first-order chi connectivity index (χ1) is 13.1. The van der Waals surface area contributed by atoms with Crippen LogP contribution in [0.5, 0.6) is 0 Å². The lowest BCUT2D eigenvalue weighted by Gasteiger charge is -2.08. The Balaban J connectivity index is 1.78. The number of hydrogen-bond donors (Lipinski definition) is 2. The normalized spacial score (nSPS) is 11.4. The first-order valence-corrected chi connectivity index (χ1v) is 10.8. The van der Waals surface area contributed by atoms with Crippen LogP contribution in [0.4, 0.5) is 14.3 Å². The van der Waals surface area contributed by atoms with Gasteiger partial charge < -0.3 is 0 Å². The number of aromatic nitrogens is 1. The summed E-state index contributed by atoms with van der Waals surface area (Å²) in [6, 6.07) is 5.94. The van der Waals surface area contributed by atoms with Gasteiger partial charge in [-0.1, -0.05) is 29.0 Å². The highest BCUT2D eigenvalue weighted by atomic mass is 35.5. The molecule has 28 heavy (non-hydrogen) atoms. The predicted octanol–water partition coefficient (Wildman–Crippen LogP) is 3.76. The van der Waals surface area contributed by atoms with Gasteiger partial charge >= 0.3 is 6.03 Å². The van der Waals surface area contributed by atoms with E-state index in [1.54, 1.807) is 6.92 Å². The molecule has 3 rings (SSSR count). The number of halogens is 2. The van der Waals surface area contributed by atoms with Crippen molar-refractivity contribution in [1.29, 1.82) is 0 Å². The molecule has 0 spiro atoms. The van der Waals surface area contributed by atoms with Crippen LogP contribution in [-0.4, -0.2) is 31.6 Å². The topological polar surface area (TPSA) is 105 Å². The smallest absolute Gasteiger partial charge is 0.283 e. The molecule has 7 nitrogen and oxygen atoms in total. The molecule has 146 valence electrons. The van der Waals surface area contributed by atoms with E-state index in [0.717, 1.165) is 23.7 Å². The number of carbonyl (C=O) groups is 2. The molecule has 0 saturated carbocycles. The van der Waals surface area contributed by atoms with E-state index in [4.69, 9.17) is 11.6 Å². The Morgan fingerprint density at radius 3 is 2.61 bits per heavy atom. The molecule has 3 aromatic rings. The number of urea groups is 1. The van der Waals surface area contributed by atoms with Crippen molar-refractivity contribution in [2.75, 3.05) is 11.6 Å². The molecular formula is C17H13ClFN3O4S2. The summed E-state index contributed by atoms with van der Waals surface area (Å²) in [7, 11) is -3.38. The lowest BCUT2D eigenvalue weighted by atomic mass is 10.1. The summed E-state index contributed by atoms with van der Waals surface area (Å²) in [5.41, 5.74) is 0.534. The Morgan fingerprint density at radius 2 is 1.93 bits per heavy atom. The molecule has 0 radical (unpaired) electrons. The Bertz CT molecular complexity index is 1220. The Morgan fingerprint density at radius 1 is 1.21 bits per heavy atom. The zero-order chi connectivity index (χ0) is 20.6. The van der Waals surface area contributed by atoms with E-state index in [2.05, 4.69) is 10.3 Å². The van der Waals surface area contributed by atoms with Crippen molar-refractivity contribution in [3.8, 4) is 0 Å². The van der Waals surface area contributed by atoms with Gasteiger partial charge in [-0.3, -0.25) is 15.4 Å². The molecule has 0 aliphatic heterocycles. The van der Waals surface area contributed by atoms with Crippen LogP contribution >= 0.6 is 22.9 Å². The quantitative estimate of drug-likeness (QED) is 0.643. The van der Waals surface area contributed by atoms with Crippen LogP contribution in [0.2, 0.25) is 5.02 Å². The molecule has 0 saturated heterocycles. The number of nitrogens with zero attached hydrogens (tertiary/aromatic N) is 1. The van der Waals surface area contributed by atoms with E-state index in [1.165, 1.54) is 24.3 Å². The molecule has 11 heteroatoms. The molecular weight excluding hydrogens is 429 g/mol. The molecule has 0 bridgehead atoms. The molecule has 2 aromatic carbocycles. The monoisotopic (exact) mass is 441 g/mol. The molecule has 0 aliphatic carbocycles. The maximum Gasteiger partial charge on any atom is 0.327 e. The van der Waals surface area contributed by atoms with Gasteiger partial charge in [-0.25, -0.2) is 22.6 Å². The summed E-state index contributed by atoms with van der Waals surface area (Å²) in [4.78, 5) is 28.5. The molecule has 0 unspecified atom stereocenters. The molecule has 0 fully saturated rings. The summed E-state index contributed by atoms with van der Waals surface area (Å²) in [6.45, 7) is 1.60. The van der Waals surface area contributed by atoms with Gasteiger partial charge in [-0.05, 0) is 36.8 Å². The minimum Gasteiger partial charge on any atom is -0.283 e. The average molecular weight is 442 g/mol. The number of aryl methyl sites for hydroxylation is 1. The summed E-state index contributed by atoms with van der Waals surface area (Å²) in [6.07, 6.45) is 1.09. The molecule has 3 amide bonds. The van der Waals surface area contributed by atoms with Crippen LogP contribution in [0.3, 0.4) is 0 Å². The second-order valence-corrected chi connectivity index (χ2v) is 9.31. The van der Waals surface area contributed by atoms with Crippen molar-refractivity contribution in [3.63, 3.8) is 0 Å². The third-order valence-corrected chi connectivity index (χ3v) is 6.28. The number of anilines is 1. The maximum absolute atomic E-state index is 13.9. The Labute approximate surface area is 168 Å². The number of imide groups is 1. The molecule has 0 atom stereocenters. The van der Waals surface area contributed by atoms with Crippen LogP contribution in [0.25, 0.3) is 10.2 Å². The van der Waals surface area contributed by atoms with Crippen molar-refractivity contribution >= 4 is 60.1 Å². The highest BCUT2D eigenvalue weighted by Crippen LogP contribution is 2.28. The summed E-state index contributed by atoms with van der Waals surface area (Å²) < 4.78 is 37.7. The van der Waals surface area contributed by atoms with Crippen molar-refractivity contribution in [2.24, 2.45) is 0 Å². The second kappa shape index (κ2) is 7.46. The van der Waals surface area contributed by atoms with Crippen LogP contribution in [0.15, 0.2) is 35.2 Å². The first kappa shape index (κ1) is 20.2. The number of nitrogens with one attached hydrogen (secondary N) is 2. The number of sulfone groups is 1. The highest BCUT2D eigenvalue weighted by Gasteiger charge is 2.20. The highest BCUT2D eigenvalue weighted by molar-refractivity contribution is 7.90. The van der Waals surface area contributed by atoms with Gasteiger partial charge in [0.05, 0.1) is 25.7 Å². The number of carbonyl (C=O) groups excluding carboxylic acids is 2. The summed E-state index contributed by atoms with van der Waals surface area (Å²) >= 11 is 6.98. The molecule has 2 N–H and O–H groups in total. The van der Waals surface area contributed by atoms with E-state index in [-0.39, 0.29) is 15.0 Å². The fourth-order valence-electron chi connectivity index (χ4n) is 2.35. The Hall–Kier alpha value is -2.56. The van der Waals surface area contributed by atoms with Crippen molar-refractivity contribution < 1.29 is 22.4 Å². The fourth-order valence-corrected chi connectivity index (χ4v) is 4.21. The van der Waals surface area contributed by atoms with Gasteiger partial charge in [0.1, 0.15) is 5.82 Å². The zero-order valence-corrected chi connectivity index (χ0v) is 16.9. The van der Waals surface area contributed by atoms with Crippen molar-refractivity contribution in [2.45, 2.75) is 11.8 Å². The maximum atomic E-state index is 13.9. The largest absolute Gasteiger partial charge is 0.327 e. The predicted molar refractivity (Wildman–Crippen MR) is 105 cm³/mol. The minimum atomic E-state index is -3.38. The van der Waals surface area contributed by atoms with E-state index >= 15 is 0 Å². The van der Waals surface area contributed by atoms with Crippen LogP contribution < -0.4 is 10.6 Å². The lowest BCUT2D eigenvalue weighted by Crippen LogP contribution is -2.35. The van der Waals surface area contributed by atoms with E-state index in [0.29, 0.717) is 15.8 Å². The van der Waals surface area contributed by atoms with Gasteiger partial charge in [-0.2, -0.15) is 0 Å². The lowest BCUT2D eigenvalue weighted by molar-refractivity contribution is 0.0963. The standard InChI is InChI=1S/C17H13ClFN3O4S2/c1-8-3-5-10(19)13(14(8)18)15(23)21-16(24)22-17-20-11-6-4-9(28(2,25)26)7-12(11)27-17/h3-7H,1-2H3,(H2,20,21,22,23,24). The number of fused-ring (bicyclic) bond motifs is 1. The number of rotatable bonds is 3. The van der Waals surface area contributed by atoms with Crippen LogP contribution in [-0.2, 0) is 9.84 Å². The van der Waals surface area contributed by atoms with Crippen LogP contribution in [0, 0.1) is 12.7 Å². The SMILES string of the molecule is Cc1ccc(F)c(C(=O)NC(=O)Nc2nc3ccc(S(C)(=O)=O)cc3s2)c1Cl. The average Bonchev–Trinajstić information content (AvgIpc) is 2.98. The van der Waals surface area contributed by atoms with E-state index in [9.17, 15) is 22.4 Å². The second-order valence-electron chi connectivity index (χ2n) is 5.88. The van der Waals surface area contributed by atoms with Crippen molar-refractivity contribution in [3.05, 3.63) is 52.3 Å². The summed E-state index contributed by atoms with van der Waals surface area (Å²) in [5, 5.41) is 4.41. The van der Waals surface area contributed by atoms with E-state index < -0.39 is 33.2 Å². The number of hydrogen-bond acceptors (Lipinski definition) is 6. The van der Waals surface area contributed by atoms with Gasteiger partial charge in [0.25, 0.3) is 5.91 Å². The molecule has 1 aromatic heterocycles. The van der Waals surface area contributed by atoms with Gasteiger partial charge in [0.2, 0.25) is 0 Å². The Kier molecular flexibility index (Phi) is 5.37. The van der Waals surface area contributed by atoms with Crippen LogP contribution in [0.1, 0.15) is 15.9 Å². The molecule has 0 aliphatic rings. The number of thiazole rings is 1. The zero-order valence-electron chi connectivity index (χ0n) is 14.5. The first-order valence-electron chi connectivity index (χ1n) is 7.74. The van der Waals surface area contributed by atoms with Gasteiger partial charge in [0.15, 0.2) is 15.0 Å². The van der Waals surface area contributed by atoms with Gasteiger partial charge in [-0.15, -0.1) is 0 Å². The van der Waals surface area contributed by atoms with Crippen molar-refractivity contribution in [1.82, 2.24) is 10.3 Å².